The first-order valence-electron chi connectivity index (χ1n) is 14.7. The van der Waals surface area contributed by atoms with Crippen LogP contribution >= 0.6 is 11.8 Å². The van der Waals surface area contributed by atoms with Crippen LogP contribution in [0.4, 0.5) is 23.7 Å². The molecular weight excluding hydrogens is 601 g/mol. The molecule has 0 saturated carbocycles. The number of amidine groups is 1. The van der Waals surface area contributed by atoms with Crippen LogP contribution in [0.3, 0.4) is 0 Å². The number of thioether (sulfide) groups is 1. The number of urea groups is 1. The number of anilines is 1. The zero-order valence-electron chi connectivity index (χ0n) is 25.5. The zero-order chi connectivity index (χ0) is 32.1. The van der Waals surface area contributed by atoms with Crippen molar-refractivity contribution < 1.29 is 22.7 Å². The van der Waals surface area contributed by atoms with Crippen molar-refractivity contribution in [3.8, 4) is 22.8 Å². The highest BCUT2D eigenvalue weighted by molar-refractivity contribution is 8.14. The summed E-state index contributed by atoms with van der Waals surface area (Å²) in [5, 5.41) is 8.15. The maximum absolute atomic E-state index is 12.8. The Morgan fingerprint density at radius 1 is 1.07 bits per heavy atom. The summed E-state index contributed by atoms with van der Waals surface area (Å²) < 4.78 is 42.7. The van der Waals surface area contributed by atoms with Crippen LogP contribution in [-0.4, -0.2) is 51.2 Å². The van der Waals surface area contributed by atoms with Crippen molar-refractivity contribution in [3.63, 3.8) is 0 Å². The molecule has 1 saturated heterocycles. The van der Waals surface area contributed by atoms with Gasteiger partial charge in [-0.25, -0.2) is 14.5 Å². The summed E-state index contributed by atoms with van der Waals surface area (Å²) in [4.78, 5) is 23.7. The van der Waals surface area contributed by atoms with Gasteiger partial charge in [0, 0.05) is 30.1 Å². The Morgan fingerprint density at radius 2 is 1.80 bits per heavy atom. The molecule has 1 N–H and O–H groups in total. The average Bonchev–Trinajstić information content (AvgIpc) is 3.66. The highest BCUT2D eigenvalue weighted by Crippen LogP contribution is 2.33. The molecule has 1 aromatic heterocycles. The van der Waals surface area contributed by atoms with E-state index in [2.05, 4.69) is 75.9 Å². The minimum Gasteiger partial charge on any atom is -0.406 e. The van der Waals surface area contributed by atoms with Crippen LogP contribution in [0, 0.1) is 12.8 Å². The summed E-state index contributed by atoms with van der Waals surface area (Å²) in [7, 11) is 0. The van der Waals surface area contributed by atoms with E-state index < -0.39 is 6.36 Å². The van der Waals surface area contributed by atoms with E-state index in [-0.39, 0.29) is 17.7 Å². The first-order valence-corrected chi connectivity index (χ1v) is 15.7. The topological polar surface area (TPSA) is 84.6 Å². The molecule has 45 heavy (non-hydrogen) atoms. The van der Waals surface area contributed by atoms with Crippen LogP contribution in [0.2, 0.25) is 0 Å². The molecule has 0 aliphatic carbocycles. The van der Waals surface area contributed by atoms with Crippen molar-refractivity contribution in [3.05, 3.63) is 89.7 Å². The van der Waals surface area contributed by atoms with Gasteiger partial charge in [0.1, 0.15) is 12.1 Å². The third-order valence-corrected chi connectivity index (χ3v) is 8.25. The molecule has 5 rings (SSSR count). The second kappa shape index (κ2) is 13.8. The van der Waals surface area contributed by atoms with E-state index in [1.165, 1.54) is 46.4 Å². The van der Waals surface area contributed by atoms with E-state index >= 15 is 0 Å². The highest BCUT2D eigenvalue weighted by atomic mass is 32.2. The standard InChI is InChI=1S/C33H35F3N6O2S/c1-21(2)28-14-5-22(3)18-29(28)41-15-16-45-32(41)39-31(43)37-19-23(4)17-24-6-8-25(9-7-24)30-38-20-42(40-30)26-10-12-27(13-11-26)44-33(34,35)36/h5-14,18,20-21,23H,15-17,19H2,1-4H3,(H,37,43). The number of hydrogen-bond acceptors (Lipinski definition) is 5. The van der Waals surface area contributed by atoms with Gasteiger partial charge in [-0.2, -0.15) is 4.99 Å². The lowest BCUT2D eigenvalue weighted by Gasteiger charge is -2.23. The summed E-state index contributed by atoms with van der Waals surface area (Å²) in [6, 6.07) is 19.4. The Labute approximate surface area is 264 Å². The van der Waals surface area contributed by atoms with E-state index in [0.717, 1.165) is 40.7 Å². The van der Waals surface area contributed by atoms with Crippen LogP contribution < -0.4 is 15.0 Å². The van der Waals surface area contributed by atoms with Crippen molar-refractivity contribution in [1.82, 2.24) is 20.1 Å². The lowest BCUT2D eigenvalue weighted by molar-refractivity contribution is -0.274. The number of hydrogen-bond donors (Lipinski definition) is 1. The summed E-state index contributed by atoms with van der Waals surface area (Å²) in [6.07, 6.45) is -2.48. The number of nitrogens with zero attached hydrogens (tertiary/aromatic N) is 5. The zero-order valence-corrected chi connectivity index (χ0v) is 26.3. The molecule has 4 aromatic rings. The number of benzene rings is 3. The number of carbonyl (C=O) groups excluding carboxylic acids is 1. The predicted molar refractivity (Wildman–Crippen MR) is 172 cm³/mol. The minimum absolute atomic E-state index is 0.179. The number of aliphatic imine (C=N–C) groups is 1. The summed E-state index contributed by atoms with van der Waals surface area (Å²) in [5.74, 6) is 1.61. The molecular formula is C33H35F3N6O2S. The van der Waals surface area contributed by atoms with E-state index in [1.54, 1.807) is 11.8 Å². The van der Waals surface area contributed by atoms with E-state index in [4.69, 9.17) is 0 Å². The Bertz CT molecular complexity index is 1650. The minimum atomic E-state index is -4.74. The van der Waals surface area contributed by atoms with E-state index in [0.29, 0.717) is 24.0 Å². The van der Waals surface area contributed by atoms with Crippen molar-refractivity contribution in [2.24, 2.45) is 10.9 Å². The molecule has 2 heterocycles. The largest absolute Gasteiger partial charge is 0.573 e. The van der Waals surface area contributed by atoms with Crippen LogP contribution in [0.5, 0.6) is 5.75 Å². The molecule has 1 fully saturated rings. The first kappa shape index (κ1) is 32.1. The molecule has 3 aromatic carbocycles. The van der Waals surface area contributed by atoms with Crippen molar-refractivity contribution in [1.29, 1.82) is 0 Å². The lowest BCUT2D eigenvalue weighted by atomic mass is 9.99. The SMILES string of the molecule is Cc1ccc(C(C)C)c(N2CCSC2=NC(=O)NCC(C)Cc2ccc(-c3ncn(-c4ccc(OC(F)(F)F)cc4)n3)cc2)c1. The molecule has 12 heteroatoms. The number of rotatable bonds is 9. The van der Waals surface area contributed by atoms with Gasteiger partial charge in [0.15, 0.2) is 11.0 Å². The van der Waals surface area contributed by atoms with Gasteiger partial charge in [-0.1, -0.05) is 68.9 Å². The number of amides is 2. The van der Waals surface area contributed by atoms with Gasteiger partial charge in [0.2, 0.25) is 0 Å². The van der Waals surface area contributed by atoms with Crippen molar-refractivity contribution in [2.45, 2.75) is 46.4 Å². The third-order valence-electron chi connectivity index (χ3n) is 7.30. The van der Waals surface area contributed by atoms with Crippen LogP contribution in [0.15, 0.2) is 78.0 Å². The van der Waals surface area contributed by atoms with Gasteiger partial charge in [-0.3, -0.25) is 0 Å². The lowest BCUT2D eigenvalue weighted by Crippen LogP contribution is -2.30. The number of aryl methyl sites for hydroxylation is 1. The fourth-order valence-corrected chi connectivity index (χ4v) is 6.02. The van der Waals surface area contributed by atoms with Gasteiger partial charge < -0.3 is 15.0 Å². The molecule has 0 radical (unpaired) electrons. The Hall–Kier alpha value is -4.32. The van der Waals surface area contributed by atoms with E-state index in [9.17, 15) is 18.0 Å². The van der Waals surface area contributed by atoms with Gasteiger partial charge >= 0.3 is 12.4 Å². The number of halogens is 3. The van der Waals surface area contributed by atoms with Gasteiger partial charge in [-0.05, 0) is 72.2 Å². The molecule has 8 nitrogen and oxygen atoms in total. The molecule has 1 atom stereocenters. The number of carbonyl (C=O) groups is 1. The van der Waals surface area contributed by atoms with Crippen molar-refractivity contribution in [2.75, 3.05) is 23.7 Å². The molecule has 0 spiro atoms. The quantitative estimate of drug-likeness (QED) is 0.202. The fraction of sp³-hybridized carbons (Fsp3) is 0.333. The van der Waals surface area contributed by atoms with Crippen LogP contribution in [0.25, 0.3) is 17.1 Å². The molecule has 2 amide bonds. The average molecular weight is 637 g/mol. The van der Waals surface area contributed by atoms with E-state index in [1.807, 2.05) is 24.3 Å². The molecule has 1 aliphatic heterocycles. The highest BCUT2D eigenvalue weighted by Gasteiger charge is 2.31. The second-order valence-corrected chi connectivity index (χ2v) is 12.4. The fourth-order valence-electron chi connectivity index (χ4n) is 5.07. The first-order chi connectivity index (χ1) is 21.4. The maximum Gasteiger partial charge on any atom is 0.573 e. The Morgan fingerprint density at radius 3 is 2.49 bits per heavy atom. The van der Waals surface area contributed by atoms with Crippen LogP contribution in [-0.2, 0) is 6.42 Å². The third kappa shape index (κ3) is 8.44. The molecule has 236 valence electrons. The van der Waals surface area contributed by atoms with Gasteiger partial charge in [-0.15, -0.1) is 18.3 Å². The number of aromatic nitrogens is 3. The number of nitrogens with one attached hydrogen (secondary N) is 1. The van der Waals surface area contributed by atoms with Crippen molar-refractivity contribution >= 4 is 28.6 Å². The molecule has 1 aliphatic rings. The second-order valence-electron chi connectivity index (χ2n) is 11.4. The molecule has 1 unspecified atom stereocenters. The number of ether oxygens (including phenoxy) is 1. The Balaban J connectivity index is 1.14. The smallest absolute Gasteiger partial charge is 0.406 e. The summed E-state index contributed by atoms with van der Waals surface area (Å²) in [6.45, 7) is 9.80. The predicted octanol–water partition coefficient (Wildman–Crippen LogP) is 7.76. The number of alkyl halides is 3. The summed E-state index contributed by atoms with van der Waals surface area (Å²) in [5.41, 5.74) is 6.00. The Kier molecular flexibility index (Phi) is 9.81. The summed E-state index contributed by atoms with van der Waals surface area (Å²) >= 11 is 1.60. The monoisotopic (exact) mass is 636 g/mol. The van der Waals surface area contributed by atoms with Gasteiger partial charge in [0.05, 0.1) is 5.69 Å². The normalized spacial score (nSPS) is 15.1. The molecule has 0 bridgehead atoms. The van der Waals surface area contributed by atoms with Gasteiger partial charge in [0.25, 0.3) is 0 Å². The van der Waals surface area contributed by atoms with Crippen LogP contribution in [0.1, 0.15) is 43.4 Å². The maximum atomic E-state index is 12.8.